The molecule has 1 aliphatic heterocycles. The third-order valence-electron chi connectivity index (χ3n) is 3.70. The van der Waals surface area contributed by atoms with Crippen molar-refractivity contribution < 1.29 is 4.79 Å². The number of hydrogen-bond acceptors (Lipinski definition) is 2. The minimum atomic E-state index is -0.0833. The first-order valence-corrected chi connectivity index (χ1v) is 8.81. The van der Waals surface area contributed by atoms with Crippen molar-refractivity contribution in [3.63, 3.8) is 0 Å². The number of thioether (sulfide) groups is 1. The summed E-state index contributed by atoms with van der Waals surface area (Å²) >= 11 is 14.2. The van der Waals surface area contributed by atoms with Crippen LogP contribution in [-0.4, -0.2) is 23.1 Å². The molecule has 0 radical (unpaired) electrons. The SMILES string of the molecule is Cc1ccc(C(=O)N2CCS[C@@H]2c2cccc(Cl)c2Cl)cc1. The van der Waals surface area contributed by atoms with Crippen molar-refractivity contribution in [1.29, 1.82) is 0 Å². The van der Waals surface area contributed by atoms with Gasteiger partial charge in [0.1, 0.15) is 5.37 Å². The number of rotatable bonds is 2. The lowest BCUT2D eigenvalue weighted by Gasteiger charge is -2.25. The maximum Gasteiger partial charge on any atom is 0.255 e. The van der Waals surface area contributed by atoms with Crippen molar-refractivity contribution in [2.75, 3.05) is 12.3 Å². The lowest BCUT2D eigenvalue weighted by molar-refractivity contribution is 0.0760. The van der Waals surface area contributed by atoms with E-state index in [-0.39, 0.29) is 11.3 Å². The van der Waals surface area contributed by atoms with Crippen LogP contribution in [0.5, 0.6) is 0 Å². The third-order valence-corrected chi connectivity index (χ3v) is 5.77. The van der Waals surface area contributed by atoms with Gasteiger partial charge in [0, 0.05) is 23.4 Å². The summed E-state index contributed by atoms with van der Waals surface area (Å²) in [5, 5.41) is 0.972. The minimum Gasteiger partial charge on any atom is -0.322 e. The molecule has 2 aromatic carbocycles. The first-order valence-electron chi connectivity index (χ1n) is 7.01. The van der Waals surface area contributed by atoms with Crippen LogP contribution in [0.15, 0.2) is 42.5 Å². The van der Waals surface area contributed by atoms with E-state index in [0.717, 1.165) is 16.9 Å². The fraction of sp³-hybridized carbons (Fsp3) is 0.235. The highest BCUT2D eigenvalue weighted by molar-refractivity contribution is 7.99. The Morgan fingerprint density at radius 1 is 1.18 bits per heavy atom. The van der Waals surface area contributed by atoms with Gasteiger partial charge in [0.15, 0.2) is 0 Å². The van der Waals surface area contributed by atoms with Crippen molar-refractivity contribution in [2.24, 2.45) is 0 Å². The molecule has 0 N–H and O–H groups in total. The Balaban J connectivity index is 1.91. The highest BCUT2D eigenvalue weighted by Crippen LogP contribution is 2.43. The second-order valence-electron chi connectivity index (χ2n) is 5.23. The molecular weight excluding hydrogens is 337 g/mol. The van der Waals surface area contributed by atoms with Gasteiger partial charge in [-0.1, -0.05) is 53.0 Å². The Bertz CT molecular complexity index is 702. The molecule has 0 saturated carbocycles. The molecule has 1 heterocycles. The lowest BCUT2D eigenvalue weighted by Crippen LogP contribution is -2.30. The summed E-state index contributed by atoms with van der Waals surface area (Å²) in [4.78, 5) is 14.6. The summed E-state index contributed by atoms with van der Waals surface area (Å²) in [5.74, 6) is 0.927. The molecule has 0 aromatic heterocycles. The fourth-order valence-electron chi connectivity index (χ4n) is 2.51. The molecule has 0 spiro atoms. The van der Waals surface area contributed by atoms with Crippen molar-refractivity contribution in [2.45, 2.75) is 12.3 Å². The van der Waals surface area contributed by atoms with E-state index in [0.29, 0.717) is 22.2 Å². The number of benzene rings is 2. The summed E-state index contributed by atoms with van der Waals surface area (Å²) in [5.41, 5.74) is 2.75. The summed E-state index contributed by atoms with van der Waals surface area (Å²) in [7, 11) is 0. The Labute approximate surface area is 144 Å². The highest BCUT2D eigenvalue weighted by Gasteiger charge is 2.32. The molecule has 5 heteroatoms. The van der Waals surface area contributed by atoms with Gasteiger partial charge in [-0.05, 0) is 25.1 Å². The summed E-state index contributed by atoms with van der Waals surface area (Å²) in [6.45, 7) is 2.72. The van der Waals surface area contributed by atoms with E-state index >= 15 is 0 Å². The predicted molar refractivity (Wildman–Crippen MR) is 93.9 cm³/mol. The minimum absolute atomic E-state index is 0.0334. The van der Waals surface area contributed by atoms with Gasteiger partial charge in [-0.2, -0.15) is 0 Å². The monoisotopic (exact) mass is 351 g/mol. The number of amides is 1. The number of nitrogens with zero attached hydrogens (tertiary/aromatic N) is 1. The van der Waals surface area contributed by atoms with Gasteiger partial charge in [0.25, 0.3) is 5.91 Å². The van der Waals surface area contributed by atoms with Crippen LogP contribution in [-0.2, 0) is 0 Å². The van der Waals surface area contributed by atoms with Crippen molar-refractivity contribution in [3.05, 3.63) is 69.2 Å². The molecule has 2 aromatic rings. The van der Waals surface area contributed by atoms with Gasteiger partial charge in [0.05, 0.1) is 10.0 Å². The molecular formula is C17H15Cl2NOS. The smallest absolute Gasteiger partial charge is 0.255 e. The van der Waals surface area contributed by atoms with Gasteiger partial charge >= 0.3 is 0 Å². The van der Waals surface area contributed by atoms with E-state index < -0.39 is 0 Å². The molecule has 0 bridgehead atoms. The zero-order chi connectivity index (χ0) is 15.7. The zero-order valence-electron chi connectivity index (χ0n) is 12.1. The van der Waals surface area contributed by atoms with Crippen molar-refractivity contribution >= 4 is 40.9 Å². The first-order chi connectivity index (χ1) is 10.6. The van der Waals surface area contributed by atoms with E-state index in [1.807, 2.05) is 48.2 Å². The quantitative estimate of drug-likeness (QED) is 0.741. The Kier molecular flexibility index (Phi) is 4.67. The predicted octanol–water partition coefficient (Wildman–Crippen LogP) is 5.19. The van der Waals surface area contributed by atoms with Gasteiger partial charge in [-0.15, -0.1) is 11.8 Å². The van der Waals surface area contributed by atoms with Gasteiger partial charge in [0.2, 0.25) is 0 Å². The van der Waals surface area contributed by atoms with Gasteiger partial charge in [-0.25, -0.2) is 0 Å². The van der Waals surface area contributed by atoms with Crippen LogP contribution in [0.3, 0.4) is 0 Å². The molecule has 3 rings (SSSR count). The Morgan fingerprint density at radius 3 is 2.64 bits per heavy atom. The van der Waals surface area contributed by atoms with Crippen LogP contribution in [0.1, 0.15) is 26.9 Å². The molecule has 114 valence electrons. The number of carbonyl (C=O) groups excluding carboxylic acids is 1. The van der Waals surface area contributed by atoms with Crippen LogP contribution in [0.4, 0.5) is 0 Å². The van der Waals surface area contributed by atoms with Crippen LogP contribution < -0.4 is 0 Å². The van der Waals surface area contributed by atoms with Crippen LogP contribution in [0.25, 0.3) is 0 Å². The molecule has 2 nitrogen and oxygen atoms in total. The number of carbonyl (C=O) groups is 1. The normalized spacial score (nSPS) is 17.8. The third kappa shape index (κ3) is 2.98. The molecule has 1 fully saturated rings. The molecule has 1 saturated heterocycles. The second-order valence-corrected chi connectivity index (χ2v) is 7.20. The average molecular weight is 352 g/mol. The Hall–Kier alpha value is -1.16. The standard InChI is InChI=1S/C17H15Cl2NOS/c1-11-5-7-12(8-6-11)16(21)20-9-10-22-17(20)13-3-2-4-14(18)15(13)19/h2-8,17H,9-10H2,1H3/t17-/m1/s1. The largest absolute Gasteiger partial charge is 0.322 e. The van der Waals surface area contributed by atoms with Crippen LogP contribution in [0.2, 0.25) is 10.0 Å². The van der Waals surface area contributed by atoms with E-state index in [4.69, 9.17) is 23.2 Å². The van der Waals surface area contributed by atoms with Crippen molar-refractivity contribution in [3.8, 4) is 0 Å². The molecule has 0 unspecified atom stereocenters. The number of aryl methyl sites for hydroxylation is 1. The average Bonchev–Trinajstić information content (AvgIpc) is 2.99. The number of halogens is 2. The maximum atomic E-state index is 12.8. The molecule has 0 aliphatic carbocycles. The summed E-state index contributed by atoms with van der Waals surface area (Å²) < 4.78 is 0. The maximum absolute atomic E-state index is 12.8. The van der Waals surface area contributed by atoms with E-state index in [1.165, 1.54) is 0 Å². The highest BCUT2D eigenvalue weighted by atomic mass is 35.5. The van der Waals surface area contributed by atoms with Crippen LogP contribution in [0, 0.1) is 6.92 Å². The lowest BCUT2D eigenvalue weighted by atomic mass is 10.1. The van der Waals surface area contributed by atoms with Gasteiger partial charge < -0.3 is 4.90 Å². The summed E-state index contributed by atoms with van der Waals surface area (Å²) in [6, 6.07) is 13.2. The van der Waals surface area contributed by atoms with E-state index in [9.17, 15) is 4.79 Å². The zero-order valence-corrected chi connectivity index (χ0v) is 14.4. The van der Waals surface area contributed by atoms with E-state index in [1.54, 1.807) is 17.8 Å². The Morgan fingerprint density at radius 2 is 1.91 bits per heavy atom. The van der Waals surface area contributed by atoms with Gasteiger partial charge in [-0.3, -0.25) is 4.79 Å². The van der Waals surface area contributed by atoms with Crippen LogP contribution >= 0.6 is 35.0 Å². The molecule has 1 aliphatic rings. The molecule has 1 atom stereocenters. The summed E-state index contributed by atoms with van der Waals surface area (Å²) in [6.07, 6.45) is 0. The molecule has 22 heavy (non-hydrogen) atoms. The topological polar surface area (TPSA) is 20.3 Å². The molecule has 1 amide bonds. The number of hydrogen-bond donors (Lipinski definition) is 0. The van der Waals surface area contributed by atoms with E-state index in [2.05, 4.69) is 0 Å². The first kappa shape index (κ1) is 15.7. The second kappa shape index (κ2) is 6.53. The van der Waals surface area contributed by atoms with Crippen molar-refractivity contribution in [1.82, 2.24) is 4.90 Å². The fourth-order valence-corrected chi connectivity index (χ4v) is 4.27.